The van der Waals surface area contributed by atoms with Crippen LogP contribution in [0.3, 0.4) is 0 Å². The van der Waals surface area contributed by atoms with Gasteiger partial charge in [0, 0.05) is 19.4 Å². The van der Waals surface area contributed by atoms with Crippen LogP contribution in [0.2, 0.25) is 0 Å². The lowest BCUT2D eigenvalue weighted by atomic mass is 9.98. The van der Waals surface area contributed by atoms with Crippen LogP contribution in [0, 0.1) is 0 Å². The summed E-state index contributed by atoms with van der Waals surface area (Å²) in [4.78, 5) is 25.5. The minimum atomic E-state index is -1.18. The second-order valence-corrected chi connectivity index (χ2v) is 7.06. The van der Waals surface area contributed by atoms with Crippen LogP contribution in [0.5, 0.6) is 0 Å². The first kappa shape index (κ1) is 19.1. The van der Waals surface area contributed by atoms with Crippen LogP contribution >= 0.6 is 0 Å². The van der Waals surface area contributed by atoms with Crippen molar-refractivity contribution in [3.63, 3.8) is 0 Å². The second kappa shape index (κ2) is 7.91. The van der Waals surface area contributed by atoms with E-state index in [1.807, 2.05) is 36.4 Å². The van der Waals surface area contributed by atoms with Gasteiger partial charge in [-0.25, -0.2) is 9.18 Å². The van der Waals surface area contributed by atoms with E-state index in [1.54, 1.807) is 0 Å². The van der Waals surface area contributed by atoms with E-state index >= 15 is 0 Å². The molecule has 0 fully saturated rings. The quantitative estimate of drug-likeness (QED) is 0.749. The zero-order chi connectivity index (χ0) is 19.6. The summed E-state index contributed by atoms with van der Waals surface area (Å²) in [6.45, 7) is 2.91. The molecule has 0 radical (unpaired) electrons. The molecule has 2 unspecified atom stereocenters. The van der Waals surface area contributed by atoms with E-state index in [0.29, 0.717) is 0 Å². The Hall–Kier alpha value is -2.69. The van der Waals surface area contributed by atoms with Gasteiger partial charge >= 0.3 is 6.09 Å². The summed E-state index contributed by atoms with van der Waals surface area (Å²) in [5.41, 5.74) is 4.54. The molecule has 5 heteroatoms. The fraction of sp³-hybridized carbons (Fsp3) is 0.364. The summed E-state index contributed by atoms with van der Waals surface area (Å²) in [6.07, 6.45) is -1.82. The number of benzene rings is 2. The van der Waals surface area contributed by atoms with Crippen LogP contribution in [0.1, 0.15) is 37.3 Å². The number of halogens is 1. The second-order valence-electron chi connectivity index (χ2n) is 7.06. The van der Waals surface area contributed by atoms with Crippen LogP contribution < -0.4 is 0 Å². The standard InChI is InChI=1S/C22H24FNO3/c1-14(23)12-21(15(2)25)24(3)22(26)27-13-20-18-10-6-4-8-16(18)17-9-5-7-11-19(17)20/h4-11,14,20-21H,12-13H2,1-3H3. The predicted octanol–water partition coefficient (Wildman–Crippen LogP) is 4.57. The molecule has 0 saturated heterocycles. The molecule has 2 aromatic carbocycles. The Labute approximate surface area is 158 Å². The lowest BCUT2D eigenvalue weighted by Gasteiger charge is -2.26. The number of carbonyl (C=O) groups excluding carboxylic acids is 2. The van der Waals surface area contributed by atoms with E-state index in [-0.39, 0.29) is 24.7 Å². The van der Waals surface area contributed by atoms with E-state index in [0.717, 1.165) is 22.3 Å². The first-order valence-corrected chi connectivity index (χ1v) is 9.12. The van der Waals surface area contributed by atoms with Gasteiger partial charge in [-0.2, -0.15) is 0 Å². The van der Waals surface area contributed by atoms with Crippen LogP contribution in [-0.2, 0) is 9.53 Å². The SMILES string of the molecule is CC(=O)C(CC(C)F)N(C)C(=O)OCC1c2ccccc2-c2ccccc21. The summed E-state index contributed by atoms with van der Waals surface area (Å²) in [5.74, 6) is -0.305. The van der Waals surface area contributed by atoms with Crippen LogP contribution in [0.4, 0.5) is 9.18 Å². The topological polar surface area (TPSA) is 46.6 Å². The third-order valence-corrected chi connectivity index (χ3v) is 5.11. The summed E-state index contributed by atoms with van der Waals surface area (Å²) < 4.78 is 18.9. The van der Waals surface area contributed by atoms with Crippen molar-refractivity contribution in [2.45, 2.75) is 38.4 Å². The number of rotatable bonds is 6. The fourth-order valence-electron chi connectivity index (χ4n) is 3.73. The van der Waals surface area contributed by atoms with Crippen molar-refractivity contribution in [2.24, 2.45) is 0 Å². The number of carbonyl (C=O) groups is 2. The Morgan fingerprint density at radius 1 is 1.07 bits per heavy atom. The number of hydrogen-bond acceptors (Lipinski definition) is 3. The van der Waals surface area contributed by atoms with Gasteiger partial charge in [0.15, 0.2) is 5.78 Å². The van der Waals surface area contributed by atoms with E-state index < -0.39 is 18.3 Å². The molecule has 2 aromatic rings. The van der Waals surface area contributed by atoms with Crippen molar-refractivity contribution >= 4 is 11.9 Å². The fourth-order valence-corrected chi connectivity index (χ4v) is 3.73. The average Bonchev–Trinajstić information content (AvgIpc) is 2.97. The molecule has 142 valence electrons. The average molecular weight is 369 g/mol. The van der Waals surface area contributed by atoms with Crippen molar-refractivity contribution in [3.8, 4) is 11.1 Å². The van der Waals surface area contributed by atoms with Gasteiger partial charge in [-0.3, -0.25) is 4.79 Å². The van der Waals surface area contributed by atoms with E-state index in [9.17, 15) is 14.0 Å². The largest absolute Gasteiger partial charge is 0.448 e. The smallest absolute Gasteiger partial charge is 0.410 e. The van der Waals surface area contributed by atoms with Crippen molar-refractivity contribution in [2.75, 3.05) is 13.7 Å². The molecule has 1 aliphatic carbocycles. The predicted molar refractivity (Wildman–Crippen MR) is 102 cm³/mol. The van der Waals surface area contributed by atoms with Crippen LogP contribution in [-0.4, -0.2) is 42.6 Å². The minimum Gasteiger partial charge on any atom is -0.448 e. The molecular weight excluding hydrogens is 345 g/mol. The Kier molecular flexibility index (Phi) is 5.59. The molecule has 0 aromatic heterocycles. The molecule has 27 heavy (non-hydrogen) atoms. The zero-order valence-corrected chi connectivity index (χ0v) is 15.8. The van der Waals surface area contributed by atoms with E-state index in [4.69, 9.17) is 4.74 Å². The number of likely N-dealkylation sites (N-methyl/N-ethyl adjacent to an activating group) is 1. The highest BCUT2D eigenvalue weighted by atomic mass is 19.1. The van der Waals surface area contributed by atoms with Gasteiger partial charge in [0.25, 0.3) is 0 Å². The maximum Gasteiger partial charge on any atom is 0.410 e. The van der Waals surface area contributed by atoms with Crippen molar-refractivity contribution in [1.29, 1.82) is 0 Å². The highest BCUT2D eigenvalue weighted by Crippen LogP contribution is 2.44. The van der Waals surface area contributed by atoms with Crippen molar-refractivity contribution in [1.82, 2.24) is 4.90 Å². The number of Topliss-reactive ketones (excluding diaryl/α,β-unsaturated/α-hetero) is 1. The van der Waals surface area contributed by atoms with Gasteiger partial charge < -0.3 is 9.64 Å². The van der Waals surface area contributed by atoms with Gasteiger partial charge in [-0.05, 0) is 36.1 Å². The van der Waals surface area contributed by atoms with Gasteiger partial charge in [-0.15, -0.1) is 0 Å². The normalized spacial score (nSPS) is 14.8. The summed E-state index contributed by atoms with van der Waals surface area (Å²) in [7, 11) is 1.48. The third kappa shape index (κ3) is 3.87. The highest BCUT2D eigenvalue weighted by Gasteiger charge is 2.31. The van der Waals surface area contributed by atoms with Crippen molar-refractivity contribution < 1.29 is 18.7 Å². The Balaban J connectivity index is 1.75. The monoisotopic (exact) mass is 369 g/mol. The molecule has 3 rings (SSSR count). The first-order chi connectivity index (χ1) is 12.9. The molecule has 0 N–H and O–H groups in total. The lowest BCUT2D eigenvalue weighted by Crippen LogP contribution is -2.43. The molecule has 1 amide bonds. The van der Waals surface area contributed by atoms with Crippen molar-refractivity contribution in [3.05, 3.63) is 59.7 Å². The summed E-state index contributed by atoms with van der Waals surface area (Å²) in [5, 5.41) is 0. The number of amides is 1. The maximum atomic E-state index is 13.4. The van der Waals surface area contributed by atoms with Gasteiger partial charge in [0.2, 0.25) is 0 Å². The molecule has 0 spiro atoms. The number of fused-ring (bicyclic) bond motifs is 3. The lowest BCUT2D eigenvalue weighted by molar-refractivity contribution is -0.122. The molecule has 0 bridgehead atoms. The van der Waals surface area contributed by atoms with Gasteiger partial charge in [-0.1, -0.05) is 48.5 Å². The Bertz CT molecular complexity index is 803. The molecule has 0 aliphatic heterocycles. The zero-order valence-electron chi connectivity index (χ0n) is 15.8. The van der Waals surface area contributed by atoms with Crippen LogP contribution in [0.25, 0.3) is 11.1 Å². The number of ketones is 1. The molecule has 4 nitrogen and oxygen atoms in total. The van der Waals surface area contributed by atoms with Gasteiger partial charge in [0.1, 0.15) is 6.61 Å². The minimum absolute atomic E-state index is 0.0317. The molecule has 0 saturated carbocycles. The number of alkyl halides is 1. The number of hydrogen-bond donors (Lipinski definition) is 0. The maximum absolute atomic E-state index is 13.4. The number of ether oxygens (including phenoxy) is 1. The first-order valence-electron chi connectivity index (χ1n) is 9.12. The van der Waals surface area contributed by atoms with Gasteiger partial charge in [0.05, 0.1) is 12.2 Å². The Morgan fingerprint density at radius 2 is 1.59 bits per heavy atom. The molecular formula is C22H24FNO3. The third-order valence-electron chi connectivity index (χ3n) is 5.11. The molecule has 2 atom stereocenters. The van der Waals surface area contributed by atoms with E-state index in [1.165, 1.54) is 25.8 Å². The summed E-state index contributed by atoms with van der Waals surface area (Å²) >= 11 is 0. The highest BCUT2D eigenvalue weighted by molar-refractivity contribution is 5.85. The number of nitrogens with zero attached hydrogens (tertiary/aromatic N) is 1. The molecule has 1 aliphatic rings. The molecule has 0 heterocycles. The summed E-state index contributed by atoms with van der Waals surface area (Å²) in [6, 6.07) is 15.3. The Morgan fingerprint density at radius 3 is 2.07 bits per heavy atom. The van der Waals surface area contributed by atoms with E-state index in [2.05, 4.69) is 12.1 Å². The van der Waals surface area contributed by atoms with Crippen LogP contribution in [0.15, 0.2) is 48.5 Å².